The van der Waals surface area contributed by atoms with Gasteiger partial charge in [-0.05, 0) is 55.5 Å². The topological polar surface area (TPSA) is 112 Å². The van der Waals surface area contributed by atoms with Crippen LogP contribution in [0.3, 0.4) is 0 Å². The molecule has 0 fully saturated rings. The van der Waals surface area contributed by atoms with Crippen molar-refractivity contribution in [3.63, 3.8) is 0 Å². The lowest BCUT2D eigenvalue weighted by Crippen LogP contribution is -2.20. The second-order valence-electron chi connectivity index (χ2n) is 7.99. The zero-order valence-corrected chi connectivity index (χ0v) is 18.9. The predicted octanol–water partition coefficient (Wildman–Crippen LogP) is 3.69. The molecule has 3 aromatic rings. The Morgan fingerprint density at radius 3 is 2.59 bits per heavy atom. The van der Waals surface area contributed by atoms with Crippen LogP contribution in [0, 0.1) is 0 Å². The average Bonchev–Trinajstić information content (AvgIpc) is 3.14. The second-order valence-corrected chi connectivity index (χ2v) is 9.56. The Bertz CT molecular complexity index is 1300. The average molecular weight is 455 g/mol. The minimum absolute atomic E-state index is 0.0345. The van der Waals surface area contributed by atoms with E-state index in [9.17, 15) is 13.2 Å². The molecule has 2 aromatic carbocycles. The zero-order chi connectivity index (χ0) is 22.9. The summed E-state index contributed by atoms with van der Waals surface area (Å²) in [6.07, 6.45) is 5.78. The van der Waals surface area contributed by atoms with Gasteiger partial charge in [0.1, 0.15) is 17.1 Å². The summed E-state index contributed by atoms with van der Waals surface area (Å²) in [5.41, 5.74) is 4.47. The number of methoxy groups -OCH3 is 1. The van der Waals surface area contributed by atoms with Gasteiger partial charge in [0.25, 0.3) is 0 Å². The monoisotopic (exact) mass is 454 g/mol. The number of hydrogen-bond acceptors (Lipinski definition) is 5. The molecule has 0 spiro atoms. The molecule has 3 N–H and O–H groups in total. The van der Waals surface area contributed by atoms with E-state index in [4.69, 9.17) is 14.3 Å². The molecular weight excluding hydrogens is 428 g/mol. The van der Waals surface area contributed by atoms with Crippen LogP contribution in [0.4, 0.5) is 0 Å². The van der Waals surface area contributed by atoms with Crippen LogP contribution in [0.15, 0.2) is 51.8 Å². The summed E-state index contributed by atoms with van der Waals surface area (Å²) in [4.78, 5) is 12.5. The third-order valence-electron chi connectivity index (χ3n) is 5.77. The largest absolute Gasteiger partial charge is 0.496 e. The number of sulfonamides is 1. The molecule has 0 bridgehead atoms. The molecule has 1 aliphatic rings. The molecule has 0 radical (unpaired) electrons. The van der Waals surface area contributed by atoms with Crippen molar-refractivity contribution < 1.29 is 22.4 Å². The van der Waals surface area contributed by atoms with E-state index < -0.39 is 10.0 Å². The maximum absolute atomic E-state index is 12.5. The highest BCUT2D eigenvalue weighted by Gasteiger charge is 2.20. The van der Waals surface area contributed by atoms with Gasteiger partial charge in [0.2, 0.25) is 15.9 Å². The van der Waals surface area contributed by atoms with E-state index in [1.54, 1.807) is 19.2 Å². The Morgan fingerprint density at radius 1 is 1.19 bits per heavy atom. The minimum Gasteiger partial charge on any atom is -0.496 e. The second kappa shape index (κ2) is 8.80. The summed E-state index contributed by atoms with van der Waals surface area (Å²) < 4.78 is 34.3. The van der Waals surface area contributed by atoms with E-state index >= 15 is 0 Å². The smallest absolute Gasteiger partial charge is 0.244 e. The van der Waals surface area contributed by atoms with E-state index in [-0.39, 0.29) is 17.3 Å². The number of allylic oxidation sites excluding steroid dienone is 1. The van der Waals surface area contributed by atoms with Crippen molar-refractivity contribution in [1.29, 1.82) is 0 Å². The van der Waals surface area contributed by atoms with Gasteiger partial charge in [-0.1, -0.05) is 12.1 Å². The zero-order valence-electron chi connectivity index (χ0n) is 18.1. The van der Waals surface area contributed by atoms with E-state index in [0.29, 0.717) is 5.75 Å². The molecule has 0 saturated heterocycles. The Balaban J connectivity index is 1.53. The lowest BCUT2D eigenvalue weighted by atomic mass is 9.94. The van der Waals surface area contributed by atoms with Crippen molar-refractivity contribution >= 4 is 32.5 Å². The maximum Gasteiger partial charge on any atom is 0.244 e. The van der Waals surface area contributed by atoms with Crippen molar-refractivity contribution in [1.82, 2.24) is 5.32 Å². The molecular formula is C24H26N2O5S. The molecule has 0 unspecified atom stereocenters. The van der Waals surface area contributed by atoms with Crippen LogP contribution in [0.5, 0.6) is 5.75 Å². The fourth-order valence-corrected chi connectivity index (χ4v) is 4.59. The number of hydrogen-bond donors (Lipinski definition) is 2. The molecule has 7 nitrogen and oxygen atoms in total. The van der Waals surface area contributed by atoms with Gasteiger partial charge in [-0.2, -0.15) is 0 Å². The fraction of sp³-hybridized carbons (Fsp3) is 0.292. The normalized spacial score (nSPS) is 14.3. The molecule has 32 heavy (non-hydrogen) atoms. The van der Waals surface area contributed by atoms with Crippen LogP contribution in [0.2, 0.25) is 0 Å². The number of aryl methyl sites for hydroxylation is 2. The summed E-state index contributed by atoms with van der Waals surface area (Å²) in [6.45, 7) is 2.13. The number of rotatable bonds is 6. The van der Waals surface area contributed by atoms with Gasteiger partial charge in [-0.3, -0.25) is 4.79 Å². The number of furan rings is 1. The Labute approximate surface area is 187 Å². The van der Waals surface area contributed by atoms with E-state index in [0.717, 1.165) is 59.1 Å². The predicted molar refractivity (Wildman–Crippen MR) is 123 cm³/mol. The van der Waals surface area contributed by atoms with Crippen LogP contribution in [-0.4, -0.2) is 21.4 Å². The van der Waals surface area contributed by atoms with Crippen molar-refractivity contribution in [2.45, 2.75) is 44.0 Å². The van der Waals surface area contributed by atoms with Crippen molar-refractivity contribution in [2.75, 3.05) is 7.11 Å². The lowest BCUT2D eigenvalue weighted by Gasteiger charge is -2.11. The number of nitrogens with two attached hydrogens (primary N) is 1. The van der Waals surface area contributed by atoms with Gasteiger partial charge in [0.15, 0.2) is 0 Å². The lowest BCUT2D eigenvalue weighted by molar-refractivity contribution is -0.116. The summed E-state index contributed by atoms with van der Waals surface area (Å²) in [6, 6.07) is 10.0. The number of benzene rings is 2. The van der Waals surface area contributed by atoms with E-state index in [2.05, 4.69) is 5.32 Å². The maximum atomic E-state index is 12.5. The third kappa shape index (κ3) is 4.56. The fourth-order valence-electron chi connectivity index (χ4n) is 4.08. The van der Waals surface area contributed by atoms with Crippen LogP contribution < -0.4 is 15.2 Å². The molecule has 1 amide bonds. The number of nitrogens with one attached hydrogen (secondary N) is 1. The highest BCUT2D eigenvalue weighted by atomic mass is 32.2. The molecule has 0 atom stereocenters. The van der Waals surface area contributed by atoms with E-state index in [1.165, 1.54) is 23.8 Å². The molecule has 0 saturated carbocycles. The van der Waals surface area contributed by atoms with Crippen molar-refractivity contribution in [2.24, 2.45) is 5.14 Å². The SMILES string of the molecule is COc1cc2oc3c(c2cc1/C(C)=C/C(=O)NCc1ccc(S(N)(=O)=O)cc1)CCCC3. The third-order valence-corrected chi connectivity index (χ3v) is 6.70. The van der Waals surface area contributed by atoms with Crippen LogP contribution in [0.1, 0.15) is 42.2 Å². The summed E-state index contributed by atoms with van der Waals surface area (Å²) in [5, 5.41) is 9.01. The number of carbonyl (C=O) groups excluding carboxylic acids is 1. The van der Waals surface area contributed by atoms with Gasteiger partial charge < -0.3 is 14.5 Å². The highest BCUT2D eigenvalue weighted by Crippen LogP contribution is 2.37. The van der Waals surface area contributed by atoms with Gasteiger partial charge >= 0.3 is 0 Å². The molecule has 4 rings (SSSR count). The van der Waals surface area contributed by atoms with Crippen LogP contribution in [0.25, 0.3) is 16.5 Å². The van der Waals surface area contributed by atoms with Crippen LogP contribution in [-0.2, 0) is 34.2 Å². The van der Waals surface area contributed by atoms with E-state index in [1.807, 2.05) is 19.1 Å². The number of ether oxygens (including phenoxy) is 1. The molecule has 1 aromatic heterocycles. The van der Waals surface area contributed by atoms with Crippen LogP contribution >= 0.6 is 0 Å². The van der Waals surface area contributed by atoms with Gasteiger partial charge in [0, 0.05) is 41.6 Å². The Kier molecular flexibility index (Phi) is 6.08. The molecule has 0 aliphatic heterocycles. The van der Waals surface area contributed by atoms with Gasteiger partial charge in [-0.15, -0.1) is 0 Å². The standard InChI is InChI=1S/C24H26N2O5S/c1-15(11-24(27)26-14-16-7-9-17(10-8-16)32(25,28)29)19-12-20-18-5-3-4-6-21(18)31-23(20)13-22(19)30-2/h7-13H,3-6,14H2,1-2H3,(H,26,27)(H2,25,28,29)/b15-11+. The molecule has 1 aliphatic carbocycles. The quantitative estimate of drug-likeness (QED) is 0.552. The first-order valence-corrected chi connectivity index (χ1v) is 12.0. The number of fused-ring (bicyclic) bond motifs is 3. The van der Waals surface area contributed by atoms with Gasteiger partial charge in [-0.25, -0.2) is 13.6 Å². The highest BCUT2D eigenvalue weighted by molar-refractivity contribution is 7.89. The number of amides is 1. The summed E-state index contributed by atoms with van der Waals surface area (Å²) in [7, 11) is -2.13. The molecule has 8 heteroatoms. The Hall–Kier alpha value is -3.10. The molecule has 1 heterocycles. The van der Waals surface area contributed by atoms with Gasteiger partial charge in [0.05, 0.1) is 12.0 Å². The molecule has 168 valence electrons. The first kappa shape index (κ1) is 22.1. The Morgan fingerprint density at radius 2 is 1.91 bits per heavy atom. The first-order chi connectivity index (χ1) is 15.3. The number of carbonyl (C=O) groups is 1. The van der Waals surface area contributed by atoms with Crippen molar-refractivity contribution in [3.8, 4) is 5.75 Å². The number of primary sulfonamides is 1. The minimum atomic E-state index is -3.74. The summed E-state index contributed by atoms with van der Waals surface area (Å²) in [5.74, 6) is 1.46. The van der Waals surface area contributed by atoms with Crippen molar-refractivity contribution in [3.05, 3.63) is 64.9 Å². The summed E-state index contributed by atoms with van der Waals surface area (Å²) >= 11 is 0. The first-order valence-electron chi connectivity index (χ1n) is 10.5.